The maximum absolute atomic E-state index is 5.82. The summed E-state index contributed by atoms with van der Waals surface area (Å²) in [5.74, 6) is 2.05. The van der Waals surface area contributed by atoms with Gasteiger partial charge in [0, 0.05) is 6.07 Å². The molecule has 0 fully saturated rings. The SMILES string of the molecule is Cc1cc(COCc2nc(-c3ccoc3)nn2-c2ccc(C(C)(C)C)cc2)no1. The summed E-state index contributed by atoms with van der Waals surface area (Å²) in [5, 5.41) is 8.63. The van der Waals surface area contributed by atoms with Gasteiger partial charge in [-0.3, -0.25) is 0 Å². The van der Waals surface area contributed by atoms with E-state index in [9.17, 15) is 0 Å². The number of benzene rings is 1. The Hall–Kier alpha value is -3.19. The molecule has 29 heavy (non-hydrogen) atoms. The molecule has 150 valence electrons. The lowest BCUT2D eigenvalue weighted by Crippen LogP contribution is -2.11. The smallest absolute Gasteiger partial charge is 0.185 e. The van der Waals surface area contributed by atoms with Gasteiger partial charge in [0.25, 0.3) is 0 Å². The van der Waals surface area contributed by atoms with E-state index in [0.29, 0.717) is 18.3 Å². The second kappa shape index (κ2) is 7.67. The molecule has 0 radical (unpaired) electrons. The second-order valence-corrected chi connectivity index (χ2v) is 7.99. The van der Waals surface area contributed by atoms with E-state index in [0.717, 1.165) is 22.7 Å². The maximum Gasteiger partial charge on any atom is 0.185 e. The van der Waals surface area contributed by atoms with Gasteiger partial charge in [0.1, 0.15) is 24.3 Å². The zero-order chi connectivity index (χ0) is 20.4. The van der Waals surface area contributed by atoms with Gasteiger partial charge in [-0.2, -0.15) is 0 Å². The Morgan fingerprint density at radius 1 is 1.07 bits per heavy atom. The van der Waals surface area contributed by atoms with Crippen molar-refractivity contribution in [1.29, 1.82) is 0 Å². The third-order valence-electron chi connectivity index (χ3n) is 4.59. The largest absolute Gasteiger partial charge is 0.472 e. The summed E-state index contributed by atoms with van der Waals surface area (Å²) in [6, 6.07) is 12.0. The minimum absolute atomic E-state index is 0.0878. The lowest BCUT2D eigenvalue weighted by Gasteiger charge is -2.19. The van der Waals surface area contributed by atoms with Gasteiger partial charge in [-0.1, -0.05) is 38.1 Å². The highest BCUT2D eigenvalue weighted by Crippen LogP contribution is 2.24. The lowest BCUT2D eigenvalue weighted by atomic mass is 9.87. The Labute approximate surface area is 169 Å². The van der Waals surface area contributed by atoms with Crippen molar-refractivity contribution in [3.05, 3.63) is 71.8 Å². The molecule has 0 atom stereocenters. The molecule has 7 nitrogen and oxygen atoms in total. The van der Waals surface area contributed by atoms with Crippen LogP contribution in [0.3, 0.4) is 0 Å². The number of rotatable bonds is 6. The summed E-state index contributed by atoms with van der Waals surface area (Å²) in [5.41, 5.74) is 3.85. The molecule has 0 saturated heterocycles. The summed E-state index contributed by atoms with van der Waals surface area (Å²) >= 11 is 0. The fraction of sp³-hybridized carbons (Fsp3) is 0.318. The van der Waals surface area contributed by atoms with Crippen molar-refractivity contribution < 1.29 is 13.7 Å². The van der Waals surface area contributed by atoms with E-state index in [4.69, 9.17) is 13.7 Å². The molecule has 0 aliphatic rings. The summed E-state index contributed by atoms with van der Waals surface area (Å²) in [6.07, 6.45) is 3.24. The molecule has 0 amide bonds. The van der Waals surface area contributed by atoms with Crippen LogP contribution in [-0.4, -0.2) is 19.9 Å². The average molecular weight is 392 g/mol. The van der Waals surface area contributed by atoms with Gasteiger partial charge in [-0.15, -0.1) is 5.10 Å². The molecule has 7 heteroatoms. The van der Waals surface area contributed by atoms with Gasteiger partial charge in [-0.25, -0.2) is 9.67 Å². The van der Waals surface area contributed by atoms with Gasteiger partial charge < -0.3 is 13.7 Å². The Morgan fingerprint density at radius 3 is 2.48 bits per heavy atom. The highest BCUT2D eigenvalue weighted by Gasteiger charge is 2.17. The predicted octanol–water partition coefficient (Wildman–Crippen LogP) is 4.84. The van der Waals surface area contributed by atoms with E-state index >= 15 is 0 Å². The molecule has 0 spiro atoms. The van der Waals surface area contributed by atoms with E-state index in [-0.39, 0.29) is 12.0 Å². The number of ether oxygens (including phenoxy) is 1. The molecule has 0 aliphatic carbocycles. The van der Waals surface area contributed by atoms with E-state index in [1.807, 2.05) is 23.7 Å². The normalized spacial score (nSPS) is 11.9. The van der Waals surface area contributed by atoms with Crippen LogP contribution in [0.25, 0.3) is 17.1 Å². The first kappa shape index (κ1) is 19.1. The standard InChI is InChI=1S/C22H24N4O3/c1-15-11-18(25-29-15)13-28-14-20-23-21(16-9-10-27-12-16)24-26(20)19-7-5-17(6-8-19)22(2,3)4/h5-12H,13-14H2,1-4H3. The molecule has 4 aromatic rings. The minimum atomic E-state index is 0.0878. The van der Waals surface area contributed by atoms with Crippen molar-refractivity contribution in [2.75, 3.05) is 0 Å². The van der Waals surface area contributed by atoms with Crippen molar-refractivity contribution in [2.24, 2.45) is 0 Å². The number of hydrogen-bond donors (Lipinski definition) is 0. The third kappa shape index (κ3) is 4.30. The molecule has 0 N–H and O–H groups in total. The highest BCUT2D eigenvalue weighted by atomic mass is 16.5. The first-order chi connectivity index (χ1) is 13.9. The Morgan fingerprint density at radius 2 is 1.86 bits per heavy atom. The quantitative estimate of drug-likeness (QED) is 0.467. The number of aryl methyl sites for hydroxylation is 1. The topological polar surface area (TPSA) is 79.1 Å². The van der Waals surface area contributed by atoms with Gasteiger partial charge in [0.15, 0.2) is 11.6 Å². The number of furan rings is 1. The molecule has 0 bridgehead atoms. The van der Waals surface area contributed by atoms with Gasteiger partial charge in [-0.05, 0) is 36.1 Å². The number of nitrogens with zero attached hydrogens (tertiary/aromatic N) is 4. The van der Waals surface area contributed by atoms with Crippen LogP contribution in [0.2, 0.25) is 0 Å². The molecule has 0 saturated carbocycles. The summed E-state index contributed by atoms with van der Waals surface area (Å²) in [7, 11) is 0. The minimum Gasteiger partial charge on any atom is -0.472 e. The average Bonchev–Trinajstić information content (AvgIpc) is 3.42. The van der Waals surface area contributed by atoms with Crippen molar-refractivity contribution >= 4 is 0 Å². The van der Waals surface area contributed by atoms with E-state index in [2.05, 4.69) is 60.3 Å². The molecule has 3 heterocycles. The van der Waals surface area contributed by atoms with Crippen LogP contribution in [-0.2, 0) is 23.4 Å². The van der Waals surface area contributed by atoms with Crippen molar-refractivity contribution in [3.63, 3.8) is 0 Å². The Kier molecular flexibility index (Phi) is 5.07. The first-order valence-corrected chi connectivity index (χ1v) is 9.49. The van der Waals surface area contributed by atoms with Crippen LogP contribution in [0, 0.1) is 6.92 Å². The molecule has 0 aliphatic heterocycles. The van der Waals surface area contributed by atoms with Crippen LogP contribution in [0.4, 0.5) is 0 Å². The van der Waals surface area contributed by atoms with Crippen LogP contribution in [0.5, 0.6) is 0 Å². The van der Waals surface area contributed by atoms with Gasteiger partial charge in [0.05, 0.1) is 24.1 Å². The monoisotopic (exact) mass is 392 g/mol. The summed E-state index contributed by atoms with van der Waals surface area (Å²) in [4.78, 5) is 4.66. The van der Waals surface area contributed by atoms with E-state index in [1.165, 1.54) is 5.56 Å². The van der Waals surface area contributed by atoms with E-state index in [1.54, 1.807) is 12.5 Å². The molecule has 3 aromatic heterocycles. The summed E-state index contributed by atoms with van der Waals surface area (Å²) < 4.78 is 17.9. The van der Waals surface area contributed by atoms with Crippen LogP contribution in [0.1, 0.15) is 43.6 Å². The molecule has 1 aromatic carbocycles. The zero-order valence-corrected chi connectivity index (χ0v) is 17.0. The molecular formula is C22H24N4O3. The highest BCUT2D eigenvalue weighted by molar-refractivity contribution is 5.53. The number of aromatic nitrogens is 4. The van der Waals surface area contributed by atoms with Crippen molar-refractivity contribution in [2.45, 2.75) is 46.3 Å². The Bertz CT molecular complexity index is 1070. The van der Waals surface area contributed by atoms with Gasteiger partial charge in [0.2, 0.25) is 0 Å². The maximum atomic E-state index is 5.82. The molecule has 4 rings (SSSR count). The van der Waals surface area contributed by atoms with Crippen molar-refractivity contribution in [3.8, 4) is 17.1 Å². The second-order valence-electron chi connectivity index (χ2n) is 7.99. The number of hydrogen-bond acceptors (Lipinski definition) is 6. The van der Waals surface area contributed by atoms with Crippen LogP contribution in [0.15, 0.2) is 57.9 Å². The fourth-order valence-corrected chi connectivity index (χ4v) is 2.99. The van der Waals surface area contributed by atoms with Crippen LogP contribution >= 0.6 is 0 Å². The van der Waals surface area contributed by atoms with Crippen LogP contribution < -0.4 is 0 Å². The predicted molar refractivity (Wildman–Crippen MR) is 107 cm³/mol. The van der Waals surface area contributed by atoms with Gasteiger partial charge >= 0.3 is 0 Å². The third-order valence-corrected chi connectivity index (χ3v) is 4.59. The summed E-state index contributed by atoms with van der Waals surface area (Å²) in [6.45, 7) is 9.07. The van der Waals surface area contributed by atoms with Crippen molar-refractivity contribution in [1.82, 2.24) is 19.9 Å². The zero-order valence-electron chi connectivity index (χ0n) is 17.0. The van der Waals surface area contributed by atoms with E-state index < -0.39 is 0 Å². The Balaban J connectivity index is 1.60. The first-order valence-electron chi connectivity index (χ1n) is 9.49. The molecule has 0 unspecified atom stereocenters. The lowest BCUT2D eigenvalue weighted by molar-refractivity contribution is 0.0956. The fourth-order valence-electron chi connectivity index (χ4n) is 2.99. The molecular weight excluding hydrogens is 368 g/mol.